The van der Waals surface area contributed by atoms with Crippen LogP contribution in [0.25, 0.3) is 0 Å². The van der Waals surface area contributed by atoms with Crippen molar-refractivity contribution in [1.82, 2.24) is 9.97 Å². The molecule has 1 fully saturated rings. The third kappa shape index (κ3) is 3.32. The van der Waals surface area contributed by atoms with Crippen LogP contribution < -0.4 is 10.2 Å². The van der Waals surface area contributed by atoms with E-state index in [9.17, 15) is 0 Å². The Labute approximate surface area is 129 Å². The molecule has 0 amide bonds. The Morgan fingerprint density at radius 1 is 1.23 bits per heavy atom. The molecular weight excluding hydrogens is 278 g/mol. The molecule has 0 saturated carbocycles. The van der Waals surface area contributed by atoms with Crippen LogP contribution in [0.3, 0.4) is 0 Å². The van der Waals surface area contributed by atoms with E-state index < -0.39 is 0 Å². The fourth-order valence-corrected chi connectivity index (χ4v) is 2.34. The third-order valence-electron chi connectivity index (χ3n) is 3.40. The van der Waals surface area contributed by atoms with Crippen LogP contribution in [0.1, 0.15) is 11.3 Å². The van der Waals surface area contributed by atoms with E-state index in [4.69, 9.17) is 10.00 Å². The number of hydrogen-bond donors (Lipinski definition) is 1. The van der Waals surface area contributed by atoms with Gasteiger partial charge in [0.2, 0.25) is 5.95 Å². The molecule has 22 heavy (non-hydrogen) atoms. The maximum atomic E-state index is 8.96. The van der Waals surface area contributed by atoms with Crippen molar-refractivity contribution in [2.45, 2.75) is 6.92 Å². The Hall–Kier alpha value is -2.65. The summed E-state index contributed by atoms with van der Waals surface area (Å²) in [7, 11) is 0. The fourth-order valence-electron chi connectivity index (χ4n) is 2.34. The highest BCUT2D eigenvalue weighted by Gasteiger charge is 2.15. The Bertz CT molecular complexity index is 704. The summed E-state index contributed by atoms with van der Waals surface area (Å²) in [4.78, 5) is 11.2. The quantitative estimate of drug-likeness (QED) is 0.936. The van der Waals surface area contributed by atoms with Crippen LogP contribution in [0.15, 0.2) is 30.3 Å². The summed E-state index contributed by atoms with van der Waals surface area (Å²) >= 11 is 0. The molecule has 1 aliphatic heterocycles. The zero-order valence-electron chi connectivity index (χ0n) is 12.4. The Kier molecular flexibility index (Phi) is 4.17. The lowest BCUT2D eigenvalue weighted by Crippen LogP contribution is -2.37. The Morgan fingerprint density at radius 3 is 2.82 bits per heavy atom. The molecule has 2 heterocycles. The minimum absolute atomic E-state index is 0.615. The van der Waals surface area contributed by atoms with Gasteiger partial charge in [0.1, 0.15) is 5.82 Å². The van der Waals surface area contributed by atoms with Gasteiger partial charge in [-0.3, -0.25) is 0 Å². The summed E-state index contributed by atoms with van der Waals surface area (Å²) < 4.78 is 5.36. The first kappa shape index (κ1) is 14.3. The predicted molar refractivity (Wildman–Crippen MR) is 84.2 cm³/mol. The summed E-state index contributed by atoms with van der Waals surface area (Å²) in [6, 6.07) is 11.3. The van der Waals surface area contributed by atoms with Gasteiger partial charge in [0.05, 0.1) is 24.8 Å². The average Bonchev–Trinajstić information content (AvgIpc) is 2.55. The van der Waals surface area contributed by atoms with Crippen molar-refractivity contribution in [2.24, 2.45) is 0 Å². The second kappa shape index (κ2) is 6.41. The van der Waals surface area contributed by atoms with Gasteiger partial charge in [-0.2, -0.15) is 10.2 Å². The van der Waals surface area contributed by atoms with Crippen LogP contribution in [0.5, 0.6) is 0 Å². The van der Waals surface area contributed by atoms with Gasteiger partial charge >= 0.3 is 0 Å². The van der Waals surface area contributed by atoms with E-state index in [0.29, 0.717) is 24.7 Å². The van der Waals surface area contributed by atoms with E-state index in [2.05, 4.69) is 26.3 Å². The van der Waals surface area contributed by atoms with Gasteiger partial charge < -0.3 is 15.0 Å². The largest absolute Gasteiger partial charge is 0.378 e. The van der Waals surface area contributed by atoms with Crippen molar-refractivity contribution >= 4 is 17.5 Å². The molecule has 1 N–H and O–H groups in total. The zero-order chi connectivity index (χ0) is 15.4. The second-order valence-corrected chi connectivity index (χ2v) is 5.11. The topological polar surface area (TPSA) is 74.1 Å². The number of nitrogens with zero attached hydrogens (tertiary/aromatic N) is 4. The third-order valence-corrected chi connectivity index (χ3v) is 3.40. The number of rotatable bonds is 3. The van der Waals surface area contributed by atoms with Crippen molar-refractivity contribution in [3.05, 3.63) is 41.6 Å². The van der Waals surface area contributed by atoms with E-state index in [0.717, 1.165) is 30.3 Å². The number of benzene rings is 1. The van der Waals surface area contributed by atoms with Crippen LogP contribution in [0.2, 0.25) is 0 Å². The number of hydrogen-bond acceptors (Lipinski definition) is 6. The maximum Gasteiger partial charge on any atom is 0.227 e. The van der Waals surface area contributed by atoms with Gasteiger partial charge in [-0.1, -0.05) is 6.07 Å². The molecule has 0 unspecified atom stereocenters. The number of nitriles is 1. The molecule has 6 nitrogen and oxygen atoms in total. The van der Waals surface area contributed by atoms with Crippen molar-refractivity contribution in [2.75, 3.05) is 36.5 Å². The molecular formula is C16H17N5O. The lowest BCUT2D eigenvalue weighted by molar-refractivity contribution is 0.122. The minimum Gasteiger partial charge on any atom is -0.378 e. The molecule has 0 spiro atoms. The molecule has 112 valence electrons. The van der Waals surface area contributed by atoms with E-state index in [1.165, 1.54) is 0 Å². The molecule has 1 aliphatic rings. The van der Waals surface area contributed by atoms with Gasteiger partial charge in [-0.15, -0.1) is 0 Å². The van der Waals surface area contributed by atoms with E-state index in [1.54, 1.807) is 12.1 Å². The van der Waals surface area contributed by atoms with Gasteiger partial charge in [0.25, 0.3) is 0 Å². The molecule has 1 saturated heterocycles. The van der Waals surface area contributed by atoms with Crippen LogP contribution in [0.4, 0.5) is 17.5 Å². The molecule has 2 aromatic rings. The molecule has 0 atom stereocenters. The number of aromatic nitrogens is 2. The highest BCUT2D eigenvalue weighted by molar-refractivity contribution is 5.59. The van der Waals surface area contributed by atoms with E-state index >= 15 is 0 Å². The summed E-state index contributed by atoms with van der Waals surface area (Å²) in [5, 5.41) is 12.2. The lowest BCUT2D eigenvalue weighted by Gasteiger charge is -2.27. The zero-order valence-corrected chi connectivity index (χ0v) is 12.4. The summed E-state index contributed by atoms with van der Waals surface area (Å²) in [5.74, 6) is 1.44. The molecule has 3 rings (SSSR count). The SMILES string of the molecule is Cc1cc(Nc2cccc(C#N)c2)nc(N2CCOCC2)n1. The fraction of sp³-hybridized carbons (Fsp3) is 0.312. The molecule has 0 aliphatic carbocycles. The Morgan fingerprint density at radius 2 is 2.05 bits per heavy atom. The maximum absolute atomic E-state index is 8.96. The summed E-state index contributed by atoms with van der Waals surface area (Å²) in [6.07, 6.45) is 0. The molecule has 0 bridgehead atoms. The highest BCUT2D eigenvalue weighted by Crippen LogP contribution is 2.19. The van der Waals surface area contributed by atoms with Crippen molar-refractivity contribution in [3.8, 4) is 6.07 Å². The smallest absolute Gasteiger partial charge is 0.227 e. The molecule has 6 heteroatoms. The Balaban J connectivity index is 1.84. The van der Waals surface area contributed by atoms with Crippen molar-refractivity contribution < 1.29 is 4.74 Å². The van der Waals surface area contributed by atoms with Gasteiger partial charge in [-0.25, -0.2) is 4.98 Å². The minimum atomic E-state index is 0.615. The molecule has 1 aromatic carbocycles. The van der Waals surface area contributed by atoms with Crippen molar-refractivity contribution in [3.63, 3.8) is 0 Å². The number of nitrogens with one attached hydrogen (secondary N) is 1. The number of morpholine rings is 1. The first-order valence-corrected chi connectivity index (χ1v) is 7.20. The van der Waals surface area contributed by atoms with Gasteiger partial charge in [-0.05, 0) is 25.1 Å². The van der Waals surface area contributed by atoms with E-state index in [-0.39, 0.29) is 0 Å². The monoisotopic (exact) mass is 295 g/mol. The van der Waals surface area contributed by atoms with Crippen LogP contribution in [-0.4, -0.2) is 36.3 Å². The van der Waals surface area contributed by atoms with Crippen LogP contribution in [-0.2, 0) is 4.74 Å². The number of ether oxygens (including phenoxy) is 1. The normalized spacial score (nSPS) is 14.5. The lowest BCUT2D eigenvalue weighted by atomic mass is 10.2. The molecule has 0 radical (unpaired) electrons. The number of aryl methyl sites for hydroxylation is 1. The first-order chi connectivity index (χ1) is 10.7. The summed E-state index contributed by atoms with van der Waals surface area (Å²) in [6.45, 7) is 4.94. The molecule has 1 aromatic heterocycles. The van der Waals surface area contributed by atoms with Crippen LogP contribution >= 0.6 is 0 Å². The second-order valence-electron chi connectivity index (χ2n) is 5.11. The summed E-state index contributed by atoms with van der Waals surface area (Å²) in [5.41, 5.74) is 2.35. The first-order valence-electron chi connectivity index (χ1n) is 7.20. The predicted octanol–water partition coefficient (Wildman–Crippen LogP) is 2.24. The number of anilines is 3. The van der Waals surface area contributed by atoms with Crippen LogP contribution in [0, 0.1) is 18.3 Å². The van der Waals surface area contributed by atoms with Crippen molar-refractivity contribution in [1.29, 1.82) is 5.26 Å². The average molecular weight is 295 g/mol. The van der Waals surface area contributed by atoms with E-state index in [1.807, 2.05) is 25.1 Å². The standard InChI is InChI=1S/C16H17N5O/c1-12-9-15(19-14-4-2-3-13(10-14)11-17)20-16(18-12)21-5-7-22-8-6-21/h2-4,9-10H,5-8H2,1H3,(H,18,19,20). The highest BCUT2D eigenvalue weighted by atomic mass is 16.5. The van der Waals surface area contributed by atoms with Gasteiger partial charge in [0, 0.05) is 30.5 Å². The van der Waals surface area contributed by atoms with Gasteiger partial charge in [0.15, 0.2) is 0 Å².